The highest BCUT2D eigenvalue weighted by Gasteiger charge is 2.07. The lowest BCUT2D eigenvalue weighted by atomic mass is 10.3. The number of nitrogen functional groups attached to an aromatic ring is 1. The molecule has 3 aromatic rings. The number of H-pyrrole nitrogens is 1. The Balaban J connectivity index is 1.69. The van der Waals surface area contributed by atoms with Gasteiger partial charge in [0.2, 0.25) is 0 Å². The Morgan fingerprint density at radius 1 is 1.44 bits per heavy atom. The van der Waals surface area contributed by atoms with E-state index in [0.29, 0.717) is 24.7 Å². The Bertz CT molecular complexity index is 624. The summed E-state index contributed by atoms with van der Waals surface area (Å²) in [7, 11) is 0. The first kappa shape index (κ1) is 10.5. The molecule has 0 saturated heterocycles. The molecule has 0 aliphatic carbocycles. The highest BCUT2D eigenvalue weighted by atomic mass is 16.3. The number of hydrogen-bond acceptors (Lipinski definition) is 6. The molecule has 0 unspecified atom stereocenters. The summed E-state index contributed by atoms with van der Waals surface area (Å²) in [6.45, 7) is 0.534. The van der Waals surface area contributed by atoms with Crippen LogP contribution in [0, 0.1) is 0 Å². The van der Waals surface area contributed by atoms with Gasteiger partial charge in [-0.2, -0.15) is 4.80 Å². The van der Waals surface area contributed by atoms with Crippen LogP contribution in [0.25, 0.3) is 0 Å². The number of anilines is 1. The predicted molar refractivity (Wildman–Crippen MR) is 61.4 cm³/mol. The van der Waals surface area contributed by atoms with Crippen LogP contribution in [-0.2, 0) is 13.0 Å². The zero-order valence-corrected chi connectivity index (χ0v) is 9.45. The number of nitrogens with zero attached hydrogens (tertiary/aromatic N) is 5. The number of rotatable bonds is 4. The first-order chi connectivity index (χ1) is 8.79. The van der Waals surface area contributed by atoms with Gasteiger partial charge in [-0.05, 0) is 11.3 Å². The van der Waals surface area contributed by atoms with Gasteiger partial charge < -0.3 is 15.1 Å². The summed E-state index contributed by atoms with van der Waals surface area (Å²) in [5.41, 5.74) is 7.27. The van der Waals surface area contributed by atoms with E-state index in [1.54, 1.807) is 18.7 Å². The van der Waals surface area contributed by atoms with Gasteiger partial charge in [-0.3, -0.25) is 0 Å². The molecule has 0 atom stereocenters. The summed E-state index contributed by atoms with van der Waals surface area (Å²) >= 11 is 0. The summed E-state index contributed by atoms with van der Waals surface area (Å²) in [5, 5.41) is 12.2. The molecule has 3 N–H and O–H groups in total. The number of nitrogens with two attached hydrogens (primary N) is 1. The Morgan fingerprint density at radius 3 is 3.11 bits per heavy atom. The molecule has 92 valence electrons. The van der Waals surface area contributed by atoms with Crippen molar-refractivity contribution in [3.05, 3.63) is 41.9 Å². The standard InChI is InChI=1S/C10H11N7O/c11-10-12-4-8(13-10)3-9-14-16-17(15-9)5-7-1-2-18-6-7/h1-2,4,6H,3,5H2,(H3,11,12,13). The molecule has 0 fully saturated rings. The van der Waals surface area contributed by atoms with Gasteiger partial charge in [-0.1, -0.05) is 0 Å². The molecule has 0 aromatic carbocycles. The maximum atomic E-state index is 5.49. The van der Waals surface area contributed by atoms with Crippen LogP contribution >= 0.6 is 0 Å². The molecule has 0 aliphatic rings. The largest absolute Gasteiger partial charge is 0.472 e. The van der Waals surface area contributed by atoms with E-state index >= 15 is 0 Å². The van der Waals surface area contributed by atoms with Crippen LogP contribution < -0.4 is 5.73 Å². The molecule has 0 radical (unpaired) electrons. The van der Waals surface area contributed by atoms with Crippen molar-refractivity contribution in [2.45, 2.75) is 13.0 Å². The maximum absolute atomic E-state index is 5.49. The van der Waals surface area contributed by atoms with Crippen LogP contribution in [0.5, 0.6) is 0 Å². The van der Waals surface area contributed by atoms with Crippen molar-refractivity contribution < 1.29 is 4.42 Å². The Morgan fingerprint density at radius 2 is 2.39 bits per heavy atom. The summed E-state index contributed by atoms with van der Waals surface area (Å²) in [5.74, 6) is 0.987. The molecule has 8 heteroatoms. The third-order valence-corrected chi connectivity index (χ3v) is 2.39. The van der Waals surface area contributed by atoms with E-state index in [0.717, 1.165) is 11.3 Å². The van der Waals surface area contributed by atoms with E-state index in [1.165, 1.54) is 4.80 Å². The molecule has 0 bridgehead atoms. The SMILES string of the molecule is Nc1nc(Cc2nnn(Cc3ccoc3)n2)c[nH]1. The second kappa shape index (κ2) is 4.32. The highest BCUT2D eigenvalue weighted by Crippen LogP contribution is 2.04. The summed E-state index contributed by atoms with van der Waals surface area (Å²) in [4.78, 5) is 8.39. The summed E-state index contributed by atoms with van der Waals surface area (Å²) in [6.07, 6.45) is 5.49. The quantitative estimate of drug-likeness (QED) is 0.679. The lowest BCUT2D eigenvalue weighted by molar-refractivity contribution is 0.543. The monoisotopic (exact) mass is 245 g/mol. The van der Waals surface area contributed by atoms with E-state index in [9.17, 15) is 0 Å². The van der Waals surface area contributed by atoms with Crippen LogP contribution in [0.1, 0.15) is 17.1 Å². The van der Waals surface area contributed by atoms with Crippen molar-refractivity contribution in [3.63, 3.8) is 0 Å². The topological polar surface area (TPSA) is 111 Å². The smallest absolute Gasteiger partial charge is 0.197 e. The number of aromatic amines is 1. The van der Waals surface area contributed by atoms with Gasteiger partial charge in [0.25, 0.3) is 0 Å². The normalized spacial score (nSPS) is 10.9. The number of tetrazole rings is 1. The zero-order chi connectivity index (χ0) is 12.4. The highest BCUT2D eigenvalue weighted by molar-refractivity contribution is 5.20. The fourth-order valence-electron chi connectivity index (χ4n) is 1.59. The molecule has 3 rings (SSSR count). The van der Waals surface area contributed by atoms with Crippen LogP contribution in [0.3, 0.4) is 0 Å². The van der Waals surface area contributed by atoms with Crippen LogP contribution in [0.15, 0.2) is 29.2 Å². The van der Waals surface area contributed by atoms with E-state index in [-0.39, 0.29) is 0 Å². The maximum Gasteiger partial charge on any atom is 0.197 e. The molecule has 8 nitrogen and oxygen atoms in total. The van der Waals surface area contributed by atoms with Crippen molar-refractivity contribution in [3.8, 4) is 0 Å². The number of furan rings is 1. The molecular weight excluding hydrogens is 234 g/mol. The molecule has 3 aromatic heterocycles. The van der Waals surface area contributed by atoms with Crippen molar-refractivity contribution in [1.29, 1.82) is 0 Å². The predicted octanol–water partition coefficient (Wildman–Crippen LogP) is 0.210. The minimum atomic E-state index is 0.385. The van der Waals surface area contributed by atoms with E-state index in [2.05, 4.69) is 25.4 Å². The first-order valence-corrected chi connectivity index (χ1v) is 5.37. The number of nitrogens with one attached hydrogen (secondary N) is 1. The van der Waals surface area contributed by atoms with Crippen LogP contribution in [0.2, 0.25) is 0 Å². The molecular formula is C10H11N7O. The first-order valence-electron chi connectivity index (χ1n) is 5.37. The minimum absolute atomic E-state index is 0.385. The van der Waals surface area contributed by atoms with Crippen molar-refractivity contribution in [2.24, 2.45) is 0 Å². The summed E-state index contributed by atoms with van der Waals surface area (Å²) < 4.78 is 4.97. The molecule has 0 aliphatic heterocycles. The van der Waals surface area contributed by atoms with E-state index in [4.69, 9.17) is 10.2 Å². The van der Waals surface area contributed by atoms with E-state index in [1.807, 2.05) is 6.07 Å². The van der Waals surface area contributed by atoms with Gasteiger partial charge in [0.1, 0.15) is 0 Å². The summed E-state index contributed by atoms with van der Waals surface area (Å²) in [6, 6.07) is 1.86. The second-order valence-electron chi connectivity index (χ2n) is 3.82. The van der Waals surface area contributed by atoms with Crippen LogP contribution in [0.4, 0.5) is 5.95 Å². The van der Waals surface area contributed by atoms with Crippen molar-refractivity contribution >= 4 is 5.95 Å². The van der Waals surface area contributed by atoms with Gasteiger partial charge in [-0.15, -0.1) is 10.2 Å². The van der Waals surface area contributed by atoms with Gasteiger partial charge in [0.05, 0.1) is 31.2 Å². The van der Waals surface area contributed by atoms with Gasteiger partial charge in [0.15, 0.2) is 11.8 Å². The van der Waals surface area contributed by atoms with Crippen molar-refractivity contribution in [2.75, 3.05) is 5.73 Å². The lowest BCUT2D eigenvalue weighted by Gasteiger charge is -1.93. The number of imidazole rings is 1. The molecule has 0 spiro atoms. The minimum Gasteiger partial charge on any atom is -0.472 e. The third-order valence-electron chi connectivity index (χ3n) is 2.39. The van der Waals surface area contributed by atoms with Gasteiger partial charge in [0, 0.05) is 11.8 Å². The van der Waals surface area contributed by atoms with Crippen LogP contribution in [-0.4, -0.2) is 30.2 Å². The third kappa shape index (κ3) is 2.21. The molecule has 18 heavy (non-hydrogen) atoms. The second-order valence-corrected chi connectivity index (χ2v) is 3.82. The number of hydrogen-bond donors (Lipinski definition) is 2. The molecule has 0 saturated carbocycles. The lowest BCUT2D eigenvalue weighted by Crippen LogP contribution is -2.03. The van der Waals surface area contributed by atoms with E-state index < -0.39 is 0 Å². The molecule has 3 heterocycles. The van der Waals surface area contributed by atoms with Gasteiger partial charge in [-0.25, -0.2) is 4.98 Å². The Labute approximate surface area is 102 Å². The zero-order valence-electron chi connectivity index (χ0n) is 9.45. The fraction of sp³-hybridized carbons (Fsp3) is 0.200. The van der Waals surface area contributed by atoms with Gasteiger partial charge >= 0.3 is 0 Å². The Kier molecular flexibility index (Phi) is 2.52. The average molecular weight is 245 g/mol. The fourth-order valence-corrected chi connectivity index (χ4v) is 1.59. The number of aromatic nitrogens is 6. The average Bonchev–Trinajstić information content (AvgIpc) is 3.04. The Hall–Kier alpha value is -2.64. The molecule has 0 amide bonds. The van der Waals surface area contributed by atoms with Crippen molar-refractivity contribution in [1.82, 2.24) is 30.2 Å².